The first kappa shape index (κ1) is 21.8. The van der Waals surface area contributed by atoms with Gasteiger partial charge in [-0.15, -0.1) is 0 Å². The van der Waals surface area contributed by atoms with E-state index in [0.717, 1.165) is 22.1 Å². The normalized spacial score (nSPS) is 14.1. The van der Waals surface area contributed by atoms with Crippen molar-refractivity contribution in [2.45, 2.75) is 24.9 Å². The van der Waals surface area contributed by atoms with Crippen LogP contribution in [0.3, 0.4) is 0 Å². The third-order valence-corrected chi connectivity index (χ3v) is 6.95. The summed E-state index contributed by atoms with van der Waals surface area (Å²) in [5.41, 5.74) is 5.00. The lowest BCUT2D eigenvalue weighted by Crippen LogP contribution is -2.39. The first-order valence-corrected chi connectivity index (χ1v) is 12.3. The standard InChI is InChI=1S/C27H20IN5O2/c28-26-31-23(20-15-29-33-24(20)32-26)21-11-6-12-22(30-21)27(13-18-9-4-5-10-19(18)14-27)25(34)35-16-17-7-2-1-3-8-17/h1-12,15H,13-14,16H2,(H,29,31,32,33). The number of rotatable bonds is 5. The predicted molar refractivity (Wildman–Crippen MR) is 139 cm³/mol. The molecule has 0 saturated heterocycles. The number of aromatic amines is 1. The largest absolute Gasteiger partial charge is 0.460 e. The second-order valence-electron chi connectivity index (χ2n) is 8.65. The molecule has 3 aromatic heterocycles. The number of esters is 1. The number of halogens is 1. The quantitative estimate of drug-likeness (QED) is 0.185. The minimum absolute atomic E-state index is 0.219. The molecule has 0 spiro atoms. The van der Waals surface area contributed by atoms with Crippen LogP contribution in [0.2, 0.25) is 0 Å². The second-order valence-corrected chi connectivity index (χ2v) is 9.61. The van der Waals surface area contributed by atoms with Gasteiger partial charge in [-0.05, 0) is 41.7 Å². The van der Waals surface area contributed by atoms with Crippen molar-refractivity contribution in [2.24, 2.45) is 0 Å². The smallest absolute Gasteiger partial charge is 0.319 e. The molecule has 0 bridgehead atoms. The number of carbonyl (C=O) groups excluding carboxylic acids is 1. The fraction of sp³-hybridized carbons (Fsp3) is 0.148. The van der Waals surface area contributed by atoms with Crippen molar-refractivity contribution in [3.8, 4) is 11.4 Å². The van der Waals surface area contributed by atoms with Gasteiger partial charge >= 0.3 is 5.97 Å². The molecule has 172 valence electrons. The molecule has 0 radical (unpaired) electrons. The summed E-state index contributed by atoms with van der Waals surface area (Å²) >= 11 is 2.08. The summed E-state index contributed by atoms with van der Waals surface area (Å²) in [6, 6.07) is 23.6. The Morgan fingerprint density at radius 2 is 1.66 bits per heavy atom. The summed E-state index contributed by atoms with van der Waals surface area (Å²) in [5.74, 6) is -0.270. The van der Waals surface area contributed by atoms with E-state index in [0.29, 0.717) is 39.4 Å². The number of carbonyl (C=O) groups is 1. The lowest BCUT2D eigenvalue weighted by atomic mass is 9.80. The summed E-state index contributed by atoms with van der Waals surface area (Å²) in [7, 11) is 0. The van der Waals surface area contributed by atoms with Crippen LogP contribution in [-0.2, 0) is 34.4 Å². The van der Waals surface area contributed by atoms with Crippen molar-refractivity contribution in [3.05, 3.63) is 105 Å². The SMILES string of the molecule is O=C(OCc1ccccc1)C1(c2cccc(-c3nc(I)nc4[nH]ncc34)n2)Cc2ccccc2C1. The number of hydrogen-bond donors (Lipinski definition) is 1. The summed E-state index contributed by atoms with van der Waals surface area (Å²) < 4.78 is 6.49. The molecule has 0 atom stereocenters. The Morgan fingerprint density at radius 3 is 2.43 bits per heavy atom. The van der Waals surface area contributed by atoms with E-state index in [1.54, 1.807) is 6.20 Å². The molecule has 8 heteroatoms. The molecule has 0 aliphatic heterocycles. The summed E-state index contributed by atoms with van der Waals surface area (Å²) in [4.78, 5) is 27.8. The van der Waals surface area contributed by atoms with Crippen LogP contribution < -0.4 is 0 Å². The number of aromatic nitrogens is 5. The molecule has 1 aliphatic carbocycles. The van der Waals surface area contributed by atoms with Crippen LogP contribution in [0, 0.1) is 3.83 Å². The molecule has 35 heavy (non-hydrogen) atoms. The van der Waals surface area contributed by atoms with Gasteiger partial charge in [0.05, 0.1) is 23.0 Å². The van der Waals surface area contributed by atoms with Gasteiger partial charge < -0.3 is 4.74 Å². The van der Waals surface area contributed by atoms with Crippen LogP contribution in [0.4, 0.5) is 0 Å². The Hall–Kier alpha value is -3.66. The van der Waals surface area contributed by atoms with E-state index < -0.39 is 5.41 Å². The number of fused-ring (bicyclic) bond motifs is 2. The van der Waals surface area contributed by atoms with Gasteiger partial charge in [-0.25, -0.2) is 15.0 Å². The Kier molecular flexibility index (Phi) is 5.52. The molecule has 3 heterocycles. The van der Waals surface area contributed by atoms with E-state index >= 15 is 0 Å². The van der Waals surface area contributed by atoms with Crippen LogP contribution in [0.15, 0.2) is 79.0 Å². The van der Waals surface area contributed by atoms with Crippen molar-refractivity contribution in [1.82, 2.24) is 25.1 Å². The minimum atomic E-state index is -0.913. The molecular weight excluding hydrogens is 553 g/mol. The molecule has 6 rings (SSSR count). The zero-order chi connectivity index (χ0) is 23.8. The first-order chi connectivity index (χ1) is 17.1. The van der Waals surface area contributed by atoms with Crippen LogP contribution in [0.1, 0.15) is 22.4 Å². The van der Waals surface area contributed by atoms with Gasteiger partial charge in [-0.1, -0.05) is 60.7 Å². The first-order valence-electron chi connectivity index (χ1n) is 11.2. The maximum absolute atomic E-state index is 13.8. The zero-order valence-corrected chi connectivity index (χ0v) is 20.8. The number of nitrogens with zero attached hydrogens (tertiary/aromatic N) is 4. The predicted octanol–water partition coefficient (Wildman–Crippen LogP) is 4.80. The van der Waals surface area contributed by atoms with Crippen molar-refractivity contribution in [3.63, 3.8) is 0 Å². The fourth-order valence-electron chi connectivity index (χ4n) is 4.74. The number of benzene rings is 2. The Bertz CT molecular complexity index is 1530. The van der Waals surface area contributed by atoms with Crippen molar-refractivity contribution >= 4 is 39.6 Å². The highest BCUT2D eigenvalue weighted by molar-refractivity contribution is 14.1. The summed E-state index contributed by atoms with van der Waals surface area (Å²) in [5, 5.41) is 7.80. The van der Waals surface area contributed by atoms with Crippen LogP contribution in [-0.4, -0.2) is 31.1 Å². The third-order valence-electron chi connectivity index (χ3n) is 6.47. The van der Waals surface area contributed by atoms with Gasteiger partial charge in [-0.3, -0.25) is 9.89 Å². The van der Waals surface area contributed by atoms with Crippen molar-refractivity contribution in [2.75, 3.05) is 0 Å². The second kappa shape index (κ2) is 8.84. The van der Waals surface area contributed by atoms with E-state index in [1.165, 1.54) is 0 Å². The summed E-state index contributed by atoms with van der Waals surface area (Å²) in [6.45, 7) is 0.219. The maximum atomic E-state index is 13.8. The van der Waals surface area contributed by atoms with Crippen molar-refractivity contribution < 1.29 is 9.53 Å². The number of H-pyrrole nitrogens is 1. The lowest BCUT2D eigenvalue weighted by Gasteiger charge is -2.27. The Morgan fingerprint density at radius 1 is 0.914 bits per heavy atom. The number of hydrogen-bond acceptors (Lipinski definition) is 6. The monoisotopic (exact) mass is 573 g/mol. The Balaban J connectivity index is 1.42. The van der Waals surface area contributed by atoms with E-state index in [1.807, 2.05) is 60.7 Å². The van der Waals surface area contributed by atoms with E-state index in [2.05, 4.69) is 54.9 Å². The van der Waals surface area contributed by atoms with Gasteiger partial charge in [0.25, 0.3) is 0 Å². The highest BCUT2D eigenvalue weighted by atomic mass is 127. The Labute approximate surface area is 215 Å². The minimum Gasteiger partial charge on any atom is -0.460 e. The van der Waals surface area contributed by atoms with Crippen LogP contribution >= 0.6 is 22.6 Å². The van der Waals surface area contributed by atoms with Gasteiger partial charge in [0.2, 0.25) is 0 Å². The molecule has 0 unspecified atom stereocenters. The summed E-state index contributed by atoms with van der Waals surface area (Å²) in [6.07, 6.45) is 2.77. The molecule has 1 aliphatic rings. The lowest BCUT2D eigenvalue weighted by molar-refractivity contribution is -0.152. The number of pyridine rings is 1. The molecule has 0 saturated carbocycles. The molecule has 7 nitrogen and oxygen atoms in total. The zero-order valence-electron chi connectivity index (χ0n) is 18.6. The highest BCUT2D eigenvalue weighted by Crippen LogP contribution is 2.41. The third kappa shape index (κ3) is 3.97. The molecule has 2 aromatic carbocycles. The van der Waals surface area contributed by atoms with Crippen molar-refractivity contribution in [1.29, 1.82) is 0 Å². The topological polar surface area (TPSA) is 93.7 Å². The van der Waals surface area contributed by atoms with Gasteiger partial charge in [0, 0.05) is 22.6 Å². The highest BCUT2D eigenvalue weighted by Gasteiger charge is 2.48. The van der Waals surface area contributed by atoms with Gasteiger partial charge in [0.15, 0.2) is 9.48 Å². The van der Waals surface area contributed by atoms with Crippen LogP contribution in [0.5, 0.6) is 0 Å². The molecule has 5 aromatic rings. The van der Waals surface area contributed by atoms with E-state index in [4.69, 9.17) is 9.72 Å². The van der Waals surface area contributed by atoms with Crippen LogP contribution in [0.25, 0.3) is 22.4 Å². The molecule has 0 fully saturated rings. The average Bonchev–Trinajstić information content (AvgIpc) is 3.53. The van der Waals surface area contributed by atoms with E-state index in [9.17, 15) is 4.79 Å². The van der Waals surface area contributed by atoms with Gasteiger partial charge in [0.1, 0.15) is 17.7 Å². The van der Waals surface area contributed by atoms with E-state index in [-0.39, 0.29) is 12.6 Å². The number of nitrogens with one attached hydrogen (secondary N) is 1. The average molecular weight is 573 g/mol. The maximum Gasteiger partial charge on any atom is 0.319 e. The molecule has 0 amide bonds. The number of ether oxygens (including phenoxy) is 1. The fourth-order valence-corrected chi connectivity index (χ4v) is 5.22. The molecular formula is C27H20IN5O2. The molecule has 1 N–H and O–H groups in total. The van der Waals surface area contributed by atoms with Gasteiger partial charge in [-0.2, -0.15) is 5.10 Å².